The molecule has 0 radical (unpaired) electrons. The lowest BCUT2D eigenvalue weighted by atomic mass is 9.98. The van der Waals surface area contributed by atoms with E-state index in [9.17, 15) is 9.18 Å². The van der Waals surface area contributed by atoms with E-state index in [0.717, 1.165) is 11.6 Å². The van der Waals surface area contributed by atoms with Crippen molar-refractivity contribution in [2.45, 2.75) is 0 Å². The number of nitrogens with two attached hydrogens (primary N) is 1. The lowest BCUT2D eigenvalue weighted by Gasteiger charge is -2.09. The van der Waals surface area contributed by atoms with Crippen LogP contribution in [0.3, 0.4) is 0 Å². The van der Waals surface area contributed by atoms with Crippen molar-refractivity contribution in [3.05, 3.63) is 71.9 Å². The van der Waals surface area contributed by atoms with E-state index in [1.54, 1.807) is 30.6 Å². The van der Waals surface area contributed by atoms with Gasteiger partial charge in [0.05, 0.1) is 22.9 Å². The van der Waals surface area contributed by atoms with Gasteiger partial charge in [-0.1, -0.05) is 0 Å². The summed E-state index contributed by atoms with van der Waals surface area (Å²) in [6.45, 7) is 0. The van der Waals surface area contributed by atoms with Gasteiger partial charge >= 0.3 is 0 Å². The van der Waals surface area contributed by atoms with Crippen molar-refractivity contribution in [2.75, 3.05) is 0 Å². The van der Waals surface area contributed by atoms with Crippen LogP contribution in [0.25, 0.3) is 22.4 Å². The molecule has 0 atom stereocenters. The second-order valence-electron chi connectivity index (χ2n) is 5.03. The van der Waals surface area contributed by atoms with Crippen LogP contribution in [0, 0.1) is 17.1 Å². The highest BCUT2D eigenvalue weighted by molar-refractivity contribution is 5.95. The van der Waals surface area contributed by atoms with Crippen LogP contribution in [0.1, 0.15) is 15.9 Å². The molecule has 0 unspecified atom stereocenters. The molecule has 5 nitrogen and oxygen atoms in total. The van der Waals surface area contributed by atoms with Crippen molar-refractivity contribution in [2.24, 2.45) is 5.73 Å². The van der Waals surface area contributed by atoms with E-state index >= 15 is 0 Å². The molecule has 1 amide bonds. The quantitative estimate of drug-likeness (QED) is 0.803. The monoisotopic (exact) mass is 318 g/mol. The summed E-state index contributed by atoms with van der Waals surface area (Å²) in [6.07, 6.45) is 4.81. The Bertz CT molecular complexity index is 964. The second kappa shape index (κ2) is 6.26. The zero-order valence-corrected chi connectivity index (χ0v) is 12.4. The summed E-state index contributed by atoms with van der Waals surface area (Å²) in [7, 11) is 0. The summed E-state index contributed by atoms with van der Waals surface area (Å²) in [6, 6.07) is 11.3. The van der Waals surface area contributed by atoms with Gasteiger partial charge < -0.3 is 5.73 Å². The van der Waals surface area contributed by atoms with Crippen molar-refractivity contribution in [3.63, 3.8) is 0 Å². The molecule has 0 spiro atoms. The largest absolute Gasteiger partial charge is 0.366 e. The number of nitriles is 1. The molecule has 24 heavy (non-hydrogen) atoms. The number of primary amides is 1. The van der Waals surface area contributed by atoms with E-state index in [-0.39, 0.29) is 16.7 Å². The molecule has 0 fully saturated rings. The van der Waals surface area contributed by atoms with Gasteiger partial charge in [-0.3, -0.25) is 14.8 Å². The lowest BCUT2D eigenvalue weighted by Crippen LogP contribution is -2.14. The smallest absolute Gasteiger partial charge is 0.251 e. The van der Waals surface area contributed by atoms with Gasteiger partial charge in [0, 0.05) is 29.7 Å². The maximum atomic E-state index is 14.6. The summed E-state index contributed by atoms with van der Waals surface area (Å²) in [4.78, 5) is 19.7. The van der Waals surface area contributed by atoms with Gasteiger partial charge in [0.25, 0.3) is 5.91 Å². The minimum Gasteiger partial charge on any atom is -0.366 e. The van der Waals surface area contributed by atoms with Gasteiger partial charge in [0.1, 0.15) is 5.82 Å². The first-order valence-corrected chi connectivity index (χ1v) is 7.00. The molecular weight excluding hydrogens is 307 g/mol. The summed E-state index contributed by atoms with van der Waals surface area (Å²) in [5.74, 6) is -1.68. The van der Waals surface area contributed by atoms with E-state index in [2.05, 4.69) is 9.97 Å². The van der Waals surface area contributed by atoms with E-state index < -0.39 is 11.7 Å². The zero-order chi connectivity index (χ0) is 17.1. The molecule has 2 N–H and O–H groups in total. The molecule has 0 bridgehead atoms. The van der Waals surface area contributed by atoms with E-state index in [4.69, 9.17) is 11.0 Å². The number of benzene rings is 1. The minimum absolute atomic E-state index is 0.121. The van der Waals surface area contributed by atoms with Gasteiger partial charge in [0.2, 0.25) is 0 Å². The van der Waals surface area contributed by atoms with Gasteiger partial charge in [-0.2, -0.15) is 5.26 Å². The fraction of sp³-hybridized carbons (Fsp3) is 0. The number of carbonyl (C=O) groups is 1. The number of aromatic nitrogens is 2. The Morgan fingerprint density at radius 3 is 2.67 bits per heavy atom. The van der Waals surface area contributed by atoms with Gasteiger partial charge in [-0.15, -0.1) is 0 Å². The number of rotatable bonds is 3. The third kappa shape index (κ3) is 2.83. The topological polar surface area (TPSA) is 92.7 Å². The van der Waals surface area contributed by atoms with Crippen molar-refractivity contribution in [3.8, 4) is 28.5 Å². The summed E-state index contributed by atoms with van der Waals surface area (Å²) in [5, 5.41) is 9.09. The molecule has 0 saturated heterocycles. The number of carbonyl (C=O) groups excluding carboxylic acids is 1. The van der Waals surface area contributed by atoms with Crippen LogP contribution in [-0.2, 0) is 0 Å². The molecule has 6 heteroatoms. The number of hydrogen-bond acceptors (Lipinski definition) is 4. The van der Waals surface area contributed by atoms with Crippen LogP contribution in [0.15, 0.2) is 55.0 Å². The van der Waals surface area contributed by atoms with Gasteiger partial charge in [0.15, 0.2) is 0 Å². The maximum Gasteiger partial charge on any atom is 0.251 e. The van der Waals surface area contributed by atoms with Crippen LogP contribution < -0.4 is 5.73 Å². The Balaban J connectivity index is 2.18. The van der Waals surface area contributed by atoms with Gasteiger partial charge in [-0.05, 0) is 42.0 Å². The average Bonchev–Trinajstić information content (AvgIpc) is 2.62. The van der Waals surface area contributed by atoms with Crippen molar-refractivity contribution < 1.29 is 9.18 Å². The highest BCUT2D eigenvalue weighted by atomic mass is 19.1. The molecule has 1 aromatic carbocycles. The molecule has 3 rings (SSSR count). The predicted molar refractivity (Wildman–Crippen MR) is 86.1 cm³/mol. The van der Waals surface area contributed by atoms with Crippen LogP contribution >= 0.6 is 0 Å². The van der Waals surface area contributed by atoms with E-state index in [1.807, 2.05) is 12.1 Å². The molecule has 2 heterocycles. The van der Waals surface area contributed by atoms with Crippen LogP contribution in [-0.4, -0.2) is 15.9 Å². The number of amides is 1. The highest BCUT2D eigenvalue weighted by Gasteiger charge is 2.17. The summed E-state index contributed by atoms with van der Waals surface area (Å²) >= 11 is 0. The fourth-order valence-electron chi connectivity index (χ4n) is 2.35. The third-order valence-electron chi connectivity index (χ3n) is 3.50. The molecule has 0 saturated carbocycles. The molecule has 3 aromatic rings. The standard InChI is InChI=1S/C18H11FN4O/c19-17-14(6-11(9-20)7-15(17)18(21)24)12-3-5-23-16(8-12)13-2-1-4-22-10-13/h1-8,10H,(H2,21,24). The first-order valence-electron chi connectivity index (χ1n) is 7.00. The molecular formula is C18H11FN4O. The minimum atomic E-state index is -0.924. The lowest BCUT2D eigenvalue weighted by molar-refractivity contribution is 0.0996. The number of nitrogens with zero attached hydrogens (tertiary/aromatic N) is 3. The summed E-state index contributed by atoms with van der Waals surface area (Å²) < 4.78 is 14.6. The first kappa shape index (κ1) is 15.3. The summed E-state index contributed by atoms with van der Waals surface area (Å²) in [5.41, 5.74) is 7.01. The average molecular weight is 318 g/mol. The Labute approximate surface area is 137 Å². The number of halogens is 1. The molecule has 0 aliphatic rings. The van der Waals surface area contributed by atoms with Crippen molar-refractivity contribution >= 4 is 5.91 Å². The Morgan fingerprint density at radius 1 is 1.17 bits per heavy atom. The van der Waals surface area contributed by atoms with Crippen LogP contribution in [0.4, 0.5) is 4.39 Å². The van der Waals surface area contributed by atoms with Crippen molar-refractivity contribution in [1.82, 2.24) is 9.97 Å². The van der Waals surface area contributed by atoms with Crippen LogP contribution in [0.5, 0.6) is 0 Å². The predicted octanol–water partition coefficient (Wildman–Crippen LogP) is 2.92. The Hall–Kier alpha value is -3.59. The molecule has 0 aliphatic heterocycles. The molecule has 2 aromatic heterocycles. The number of pyridine rings is 2. The SMILES string of the molecule is N#Cc1cc(C(N)=O)c(F)c(-c2ccnc(-c3cccnc3)c2)c1. The van der Waals surface area contributed by atoms with Crippen LogP contribution in [0.2, 0.25) is 0 Å². The van der Waals surface area contributed by atoms with E-state index in [0.29, 0.717) is 11.3 Å². The normalized spacial score (nSPS) is 10.2. The van der Waals surface area contributed by atoms with Crippen molar-refractivity contribution in [1.29, 1.82) is 5.26 Å². The first-order chi connectivity index (χ1) is 11.6. The Morgan fingerprint density at radius 2 is 2.00 bits per heavy atom. The maximum absolute atomic E-state index is 14.6. The second-order valence-corrected chi connectivity index (χ2v) is 5.03. The Kier molecular flexibility index (Phi) is 4.00. The molecule has 0 aliphatic carbocycles. The third-order valence-corrected chi connectivity index (χ3v) is 3.50. The highest BCUT2D eigenvalue weighted by Crippen LogP contribution is 2.29. The van der Waals surface area contributed by atoms with Gasteiger partial charge in [-0.25, -0.2) is 4.39 Å². The fourth-order valence-corrected chi connectivity index (χ4v) is 2.35. The van der Waals surface area contributed by atoms with E-state index in [1.165, 1.54) is 12.3 Å². The molecule has 116 valence electrons. The number of hydrogen-bond donors (Lipinski definition) is 1. The zero-order valence-electron chi connectivity index (χ0n) is 12.4.